The van der Waals surface area contributed by atoms with Gasteiger partial charge in [0.15, 0.2) is 0 Å². The van der Waals surface area contributed by atoms with Crippen LogP contribution in [0.2, 0.25) is 0 Å². The van der Waals surface area contributed by atoms with Gasteiger partial charge in [-0.1, -0.05) is 30.3 Å². The molecule has 2 N–H and O–H groups in total. The predicted octanol–water partition coefficient (Wildman–Crippen LogP) is 3.78. The van der Waals surface area contributed by atoms with Gasteiger partial charge in [-0.2, -0.15) is 0 Å². The van der Waals surface area contributed by atoms with Crippen molar-refractivity contribution in [3.05, 3.63) is 64.6 Å². The molecule has 0 spiro atoms. The molecule has 0 aliphatic carbocycles. The van der Waals surface area contributed by atoms with Gasteiger partial charge in [0, 0.05) is 28.8 Å². The summed E-state index contributed by atoms with van der Waals surface area (Å²) in [6, 6.07) is 13.7. The number of aromatic nitrogens is 1. The molecule has 0 saturated carbocycles. The second kappa shape index (κ2) is 7.60. The molecule has 0 bridgehead atoms. The third-order valence-corrected chi connectivity index (χ3v) is 5.69. The van der Waals surface area contributed by atoms with Crippen molar-refractivity contribution in [1.29, 1.82) is 0 Å². The number of nitrogens with zero attached hydrogens (tertiary/aromatic N) is 1. The SMILES string of the molecule is Cc1ccccc1-c1c[nH]c(=O)c2cc(NC(=O)C3CCN(C)CC3)ccc12. The Kier molecular flexibility index (Phi) is 5.01. The number of rotatable bonds is 3. The third-order valence-electron chi connectivity index (χ3n) is 5.69. The van der Waals surface area contributed by atoms with E-state index in [1.807, 2.05) is 24.3 Å². The largest absolute Gasteiger partial charge is 0.328 e. The lowest BCUT2D eigenvalue weighted by molar-refractivity contribution is -0.121. The Balaban J connectivity index is 1.66. The van der Waals surface area contributed by atoms with E-state index < -0.39 is 0 Å². The first-order valence-corrected chi connectivity index (χ1v) is 9.74. The molecule has 2 aromatic carbocycles. The lowest BCUT2D eigenvalue weighted by Crippen LogP contribution is -2.35. The zero-order chi connectivity index (χ0) is 19.7. The maximum absolute atomic E-state index is 12.6. The van der Waals surface area contributed by atoms with Gasteiger partial charge in [-0.3, -0.25) is 9.59 Å². The van der Waals surface area contributed by atoms with Gasteiger partial charge in [-0.05, 0) is 68.5 Å². The molecule has 1 aliphatic rings. The van der Waals surface area contributed by atoms with E-state index in [2.05, 4.69) is 41.3 Å². The smallest absolute Gasteiger partial charge is 0.255 e. The summed E-state index contributed by atoms with van der Waals surface area (Å²) in [5.41, 5.74) is 3.75. The molecule has 5 nitrogen and oxygen atoms in total. The van der Waals surface area contributed by atoms with Crippen molar-refractivity contribution in [3.63, 3.8) is 0 Å². The highest BCUT2D eigenvalue weighted by molar-refractivity contribution is 6.00. The standard InChI is InChI=1S/C23H25N3O2/c1-15-5-3-4-6-18(15)21-14-24-23(28)20-13-17(7-8-19(20)21)25-22(27)16-9-11-26(2)12-10-16/h3-8,13-14,16H,9-12H2,1-2H3,(H,24,28)(H,25,27). The molecule has 144 valence electrons. The first-order valence-electron chi connectivity index (χ1n) is 9.74. The summed E-state index contributed by atoms with van der Waals surface area (Å²) >= 11 is 0. The van der Waals surface area contributed by atoms with Crippen LogP contribution in [-0.2, 0) is 4.79 Å². The molecule has 1 amide bonds. The number of piperidine rings is 1. The van der Waals surface area contributed by atoms with Crippen LogP contribution in [0.3, 0.4) is 0 Å². The van der Waals surface area contributed by atoms with E-state index >= 15 is 0 Å². The van der Waals surface area contributed by atoms with Crippen LogP contribution in [0.5, 0.6) is 0 Å². The molecule has 0 radical (unpaired) electrons. The maximum atomic E-state index is 12.6. The number of fused-ring (bicyclic) bond motifs is 1. The molecule has 3 aromatic rings. The molecule has 1 saturated heterocycles. The Labute approximate surface area is 164 Å². The van der Waals surface area contributed by atoms with Crippen LogP contribution in [0.1, 0.15) is 18.4 Å². The van der Waals surface area contributed by atoms with Crippen LogP contribution in [0.15, 0.2) is 53.5 Å². The summed E-state index contributed by atoms with van der Waals surface area (Å²) in [5, 5.41) is 4.48. The van der Waals surface area contributed by atoms with Crippen molar-refractivity contribution in [2.45, 2.75) is 19.8 Å². The maximum Gasteiger partial charge on any atom is 0.255 e. The lowest BCUT2D eigenvalue weighted by Gasteiger charge is -2.28. The van der Waals surface area contributed by atoms with Gasteiger partial charge in [-0.25, -0.2) is 0 Å². The van der Waals surface area contributed by atoms with Crippen LogP contribution in [-0.4, -0.2) is 35.9 Å². The first kappa shape index (κ1) is 18.4. The molecule has 1 aliphatic heterocycles. The number of carbonyl (C=O) groups excluding carboxylic acids is 1. The van der Waals surface area contributed by atoms with E-state index in [0.717, 1.165) is 48.0 Å². The predicted molar refractivity (Wildman–Crippen MR) is 114 cm³/mol. The van der Waals surface area contributed by atoms with E-state index in [1.54, 1.807) is 12.3 Å². The minimum atomic E-state index is -0.150. The Hall–Kier alpha value is -2.92. The van der Waals surface area contributed by atoms with Crippen molar-refractivity contribution in [2.24, 2.45) is 5.92 Å². The number of carbonyl (C=O) groups is 1. The highest BCUT2D eigenvalue weighted by Gasteiger charge is 2.23. The minimum absolute atomic E-state index is 0.0310. The highest BCUT2D eigenvalue weighted by Crippen LogP contribution is 2.30. The molecular weight excluding hydrogens is 350 g/mol. The van der Waals surface area contributed by atoms with E-state index in [0.29, 0.717) is 11.1 Å². The van der Waals surface area contributed by atoms with Crippen LogP contribution in [0, 0.1) is 12.8 Å². The Bertz CT molecular complexity index is 1080. The number of likely N-dealkylation sites (tertiary alicyclic amines) is 1. The quantitative estimate of drug-likeness (QED) is 0.732. The Morgan fingerprint density at radius 1 is 1.07 bits per heavy atom. The van der Waals surface area contributed by atoms with E-state index in [-0.39, 0.29) is 17.4 Å². The highest BCUT2D eigenvalue weighted by atomic mass is 16.2. The van der Waals surface area contributed by atoms with Gasteiger partial charge in [0.2, 0.25) is 5.91 Å². The minimum Gasteiger partial charge on any atom is -0.328 e. The average molecular weight is 375 g/mol. The van der Waals surface area contributed by atoms with Crippen molar-refractivity contribution >= 4 is 22.4 Å². The molecule has 4 rings (SSSR count). The number of H-pyrrole nitrogens is 1. The van der Waals surface area contributed by atoms with Gasteiger partial charge in [0.1, 0.15) is 0 Å². The number of aromatic amines is 1. The van der Waals surface area contributed by atoms with E-state index in [9.17, 15) is 9.59 Å². The summed E-state index contributed by atoms with van der Waals surface area (Å²) < 4.78 is 0. The molecule has 5 heteroatoms. The molecule has 1 fully saturated rings. The Morgan fingerprint density at radius 2 is 1.82 bits per heavy atom. The number of hydrogen-bond acceptors (Lipinski definition) is 3. The van der Waals surface area contributed by atoms with Gasteiger partial charge in [0.25, 0.3) is 5.56 Å². The topological polar surface area (TPSA) is 65.2 Å². The van der Waals surface area contributed by atoms with E-state index in [4.69, 9.17) is 0 Å². The molecule has 0 atom stereocenters. The summed E-state index contributed by atoms with van der Waals surface area (Å²) in [7, 11) is 2.08. The molecule has 28 heavy (non-hydrogen) atoms. The van der Waals surface area contributed by atoms with Crippen molar-refractivity contribution in [1.82, 2.24) is 9.88 Å². The monoisotopic (exact) mass is 375 g/mol. The zero-order valence-electron chi connectivity index (χ0n) is 16.3. The fourth-order valence-corrected chi connectivity index (χ4v) is 3.95. The second-order valence-electron chi connectivity index (χ2n) is 7.67. The number of aryl methyl sites for hydroxylation is 1. The Morgan fingerprint density at radius 3 is 2.57 bits per heavy atom. The zero-order valence-corrected chi connectivity index (χ0v) is 16.3. The third kappa shape index (κ3) is 3.58. The number of amides is 1. The number of benzene rings is 2. The fraction of sp³-hybridized carbons (Fsp3) is 0.304. The molecule has 0 unspecified atom stereocenters. The van der Waals surface area contributed by atoms with Crippen LogP contribution in [0.25, 0.3) is 21.9 Å². The van der Waals surface area contributed by atoms with Crippen molar-refractivity contribution in [2.75, 3.05) is 25.5 Å². The van der Waals surface area contributed by atoms with Crippen molar-refractivity contribution in [3.8, 4) is 11.1 Å². The van der Waals surface area contributed by atoms with Crippen LogP contribution >= 0.6 is 0 Å². The summed E-state index contributed by atoms with van der Waals surface area (Å²) in [6.45, 7) is 3.94. The summed E-state index contributed by atoms with van der Waals surface area (Å²) in [4.78, 5) is 30.1. The number of nitrogens with one attached hydrogen (secondary N) is 2. The van der Waals surface area contributed by atoms with Gasteiger partial charge < -0.3 is 15.2 Å². The summed E-state index contributed by atoms with van der Waals surface area (Å²) in [5.74, 6) is 0.0717. The number of hydrogen-bond donors (Lipinski definition) is 2. The van der Waals surface area contributed by atoms with Gasteiger partial charge >= 0.3 is 0 Å². The molecule has 2 heterocycles. The lowest BCUT2D eigenvalue weighted by atomic mass is 9.95. The van der Waals surface area contributed by atoms with Crippen LogP contribution < -0.4 is 10.9 Å². The average Bonchev–Trinajstić information content (AvgIpc) is 2.70. The first-order chi connectivity index (χ1) is 13.5. The van der Waals surface area contributed by atoms with Gasteiger partial charge in [-0.15, -0.1) is 0 Å². The van der Waals surface area contributed by atoms with Crippen molar-refractivity contribution < 1.29 is 4.79 Å². The van der Waals surface area contributed by atoms with Gasteiger partial charge in [0.05, 0.1) is 0 Å². The van der Waals surface area contributed by atoms with E-state index in [1.165, 1.54) is 0 Å². The second-order valence-corrected chi connectivity index (χ2v) is 7.67. The number of anilines is 1. The normalized spacial score (nSPS) is 15.6. The molecule has 1 aromatic heterocycles. The van der Waals surface area contributed by atoms with Crippen LogP contribution in [0.4, 0.5) is 5.69 Å². The summed E-state index contributed by atoms with van der Waals surface area (Å²) in [6.07, 6.45) is 3.51. The molecular formula is C23H25N3O2. The fourth-order valence-electron chi connectivity index (χ4n) is 3.95. The number of pyridine rings is 1.